The maximum absolute atomic E-state index is 13.1. The molecule has 1 aromatic carbocycles. The van der Waals surface area contributed by atoms with Gasteiger partial charge in [0, 0.05) is 50.0 Å². The number of likely N-dealkylation sites (tertiary alicyclic amines) is 1. The fraction of sp³-hybridized carbons (Fsp3) is 0.318. The number of hydrogen-bond acceptors (Lipinski definition) is 3. The van der Waals surface area contributed by atoms with Gasteiger partial charge in [0.15, 0.2) is 0 Å². The molecule has 0 spiro atoms. The zero-order valence-corrected chi connectivity index (χ0v) is 15.6. The number of carbonyl (C=O) groups excluding carboxylic acids is 1. The fourth-order valence-electron chi connectivity index (χ4n) is 3.89. The summed E-state index contributed by atoms with van der Waals surface area (Å²) in [5, 5.41) is 0. The molecule has 1 atom stereocenters. The predicted octanol–water partition coefficient (Wildman–Crippen LogP) is 3.81. The van der Waals surface area contributed by atoms with Gasteiger partial charge in [0.1, 0.15) is 0 Å². The van der Waals surface area contributed by atoms with E-state index in [2.05, 4.69) is 20.6 Å². The van der Waals surface area contributed by atoms with Crippen molar-refractivity contribution in [3.8, 4) is 11.1 Å². The van der Waals surface area contributed by atoms with Gasteiger partial charge in [-0.15, -0.1) is 0 Å². The summed E-state index contributed by atoms with van der Waals surface area (Å²) in [6, 6.07) is 9.94. The van der Waals surface area contributed by atoms with Crippen LogP contribution in [0.4, 0.5) is 0 Å². The number of benzene rings is 1. The summed E-state index contributed by atoms with van der Waals surface area (Å²) in [7, 11) is 0. The van der Waals surface area contributed by atoms with Crippen LogP contribution in [0.25, 0.3) is 11.1 Å². The first-order valence-corrected chi connectivity index (χ1v) is 9.47. The molecule has 4 rings (SSSR count). The molecule has 5 heteroatoms. The lowest BCUT2D eigenvalue weighted by atomic mass is 9.96. The van der Waals surface area contributed by atoms with Gasteiger partial charge < -0.3 is 9.47 Å². The van der Waals surface area contributed by atoms with Gasteiger partial charge >= 0.3 is 0 Å². The molecule has 0 N–H and O–H groups in total. The Hall–Kier alpha value is -2.95. The van der Waals surface area contributed by atoms with Crippen molar-refractivity contribution in [3.05, 3.63) is 72.6 Å². The molecule has 3 aromatic rings. The maximum Gasteiger partial charge on any atom is 0.253 e. The molecular weight excluding hydrogens is 336 g/mol. The third-order valence-electron chi connectivity index (χ3n) is 5.28. The highest BCUT2D eigenvalue weighted by Crippen LogP contribution is 2.25. The van der Waals surface area contributed by atoms with Crippen molar-refractivity contribution in [2.45, 2.75) is 26.3 Å². The van der Waals surface area contributed by atoms with Crippen molar-refractivity contribution in [2.24, 2.45) is 5.92 Å². The molecule has 0 radical (unpaired) electrons. The fourth-order valence-corrected chi connectivity index (χ4v) is 3.89. The summed E-state index contributed by atoms with van der Waals surface area (Å²) < 4.78 is 2.10. The van der Waals surface area contributed by atoms with Crippen molar-refractivity contribution in [1.82, 2.24) is 19.4 Å². The van der Waals surface area contributed by atoms with Gasteiger partial charge in [0.2, 0.25) is 0 Å². The average Bonchev–Trinajstić information content (AvgIpc) is 3.21. The van der Waals surface area contributed by atoms with Crippen LogP contribution in [0, 0.1) is 12.8 Å². The molecule has 2 aromatic heterocycles. The minimum absolute atomic E-state index is 0.124. The highest BCUT2D eigenvalue weighted by molar-refractivity contribution is 5.95. The predicted molar refractivity (Wildman–Crippen MR) is 105 cm³/mol. The first kappa shape index (κ1) is 17.5. The minimum Gasteiger partial charge on any atom is -0.338 e. The number of nitrogens with zero attached hydrogens (tertiary/aromatic N) is 4. The molecule has 5 nitrogen and oxygen atoms in total. The molecular formula is C22H24N4O. The van der Waals surface area contributed by atoms with Gasteiger partial charge in [-0.3, -0.25) is 9.78 Å². The number of piperidine rings is 1. The third-order valence-corrected chi connectivity index (χ3v) is 5.28. The van der Waals surface area contributed by atoms with Crippen molar-refractivity contribution in [3.63, 3.8) is 0 Å². The number of imidazole rings is 1. The van der Waals surface area contributed by atoms with Crippen LogP contribution in [0.3, 0.4) is 0 Å². The highest BCUT2D eigenvalue weighted by atomic mass is 16.2. The summed E-state index contributed by atoms with van der Waals surface area (Å²) in [6.07, 6.45) is 11.5. The number of carbonyl (C=O) groups is 1. The van der Waals surface area contributed by atoms with E-state index in [1.807, 2.05) is 54.8 Å². The zero-order chi connectivity index (χ0) is 18.6. The van der Waals surface area contributed by atoms with E-state index >= 15 is 0 Å². The van der Waals surface area contributed by atoms with E-state index in [1.165, 1.54) is 0 Å². The zero-order valence-electron chi connectivity index (χ0n) is 15.6. The van der Waals surface area contributed by atoms with Crippen LogP contribution in [0.15, 0.2) is 61.4 Å². The lowest BCUT2D eigenvalue weighted by molar-refractivity contribution is 0.0662. The van der Waals surface area contributed by atoms with Crippen LogP contribution in [-0.4, -0.2) is 38.4 Å². The van der Waals surface area contributed by atoms with Crippen LogP contribution in [0.1, 0.15) is 28.8 Å². The molecule has 1 saturated heterocycles. The first-order valence-electron chi connectivity index (χ1n) is 9.47. The second kappa shape index (κ2) is 7.74. The summed E-state index contributed by atoms with van der Waals surface area (Å²) in [5.74, 6) is 0.599. The second-order valence-corrected chi connectivity index (χ2v) is 7.29. The molecule has 138 valence electrons. The molecule has 1 aliphatic heterocycles. The van der Waals surface area contributed by atoms with Gasteiger partial charge in [-0.05, 0) is 60.6 Å². The molecule has 0 saturated carbocycles. The van der Waals surface area contributed by atoms with Crippen LogP contribution in [0.5, 0.6) is 0 Å². The Balaban J connectivity index is 1.50. The van der Waals surface area contributed by atoms with E-state index in [9.17, 15) is 4.79 Å². The second-order valence-electron chi connectivity index (χ2n) is 7.29. The highest BCUT2D eigenvalue weighted by Gasteiger charge is 2.25. The molecule has 3 heterocycles. The molecule has 1 aliphatic rings. The van der Waals surface area contributed by atoms with E-state index in [-0.39, 0.29) is 5.91 Å². The third kappa shape index (κ3) is 3.92. The molecule has 0 bridgehead atoms. The lowest BCUT2D eigenvalue weighted by Crippen LogP contribution is -2.41. The summed E-state index contributed by atoms with van der Waals surface area (Å²) in [6.45, 7) is 4.59. The largest absolute Gasteiger partial charge is 0.338 e. The van der Waals surface area contributed by atoms with Crippen LogP contribution < -0.4 is 0 Å². The summed E-state index contributed by atoms with van der Waals surface area (Å²) in [4.78, 5) is 23.4. The van der Waals surface area contributed by atoms with Gasteiger partial charge in [-0.1, -0.05) is 12.1 Å². The van der Waals surface area contributed by atoms with Gasteiger partial charge in [-0.2, -0.15) is 0 Å². The average molecular weight is 360 g/mol. The van der Waals surface area contributed by atoms with Crippen molar-refractivity contribution in [2.75, 3.05) is 13.1 Å². The SMILES string of the molecule is Cc1cnccc1-c1cccc(C(=O)N2CCC[C@@H](Cn3ccnc3)C2)c1. The molecule has 0 unspecified atom stereocenters. The number of aromatic nitrogens is 3. The smallest absolute Gasteiger partial charge is 0.253 e. The van der Waals surface area contributed by atoms with Crippen molar-refractivity contribution >= 4 is 5.91 Å². The van der Waals surface area contributed by atoms with Crippen LogP contribution in [0.2, 0.25) is 0 Å². The summed E-state index contributed by atoms with van der Waals surface area (Å²) in [5.41, 5.74) is 4.05. The number of aryl methyl sites for hydroxylation is 1. The van der Waals surface area contributed by atoms with Crippen molar-refractivity contribution < 1.29 is 4.79 Å². The minimum atomic E-state index is 0.124. The molecule has 27 heavy (non-hydrogen) atoms. The standard InChI is InChI=1S/C22H24N4O/c1-17-13-23-8-7-21(17)19-5-2-6-20(12-19)22(27)26-10-3-4-18(15-26)14-25-11-9-24-16-25/h2,5-9,11-13,16,18H,3-4,10,14-15H2,1H3/t18-/m0/s1. The quantitative estimate of drug-likeness (QED) is 0.711. The normalized spacial score (nSPS) is 17.1. The number of pyridine rings is 1. The molecule has 0 aliphatic carbocycles. The van der Waals surface area contributed by atoms with Crippen molar-refractivity contribution in [1.29, 1.82) is 0 Å². The number of rotatable bonds is 4. The monoisotopic (exact) mass is 360 g/mol. The Bertz CT molecular complexity index is 920. The number of hydrogen-bond donors (Lipinski definition) is 0. The van der Waals surface area contributed by atoms with Gasteiger partial charge in [0.05, 0.1) is 6.33 Å². The Morgan fingerprint density at radius 2 is 2.15 bits per heavy atom. The van der Waals surface area contributed by atoms with E-state index < -0.39 is 0 Å². The van der Waals surface area contributed by atoms with E-state index in [0.29, 0.717) is 5.92 Å². The first-order chi connectivity index (χ1) is 13.2. The number of amides is 1. The van der Waals surface area contributed by atoms with Gasteiger partial charge in [0.25, 0.3) is 5.91 Å². The maximum atomic E-state index is 13.1. The van der Waals surface area contributed by atoms with Crippen LogP contribution >= 0.6 is 0 Å². The Labute approximate surface area is 159 Å². The van der Waals surface area contributed by atoms with E-state index in [1.54, 1.807) is 12.4 Å². The Kier molecular flexibility index (Phi) is 5.01. The topological polar surface area (TPSA) is 51.0 Å². The molecule has 1 amide bonds. The van der Waals surface area contributed by atoms with E-state index in [4.69, 9.17) is 0 Å². The summed E-state index contributed by atoms with van der Waals surface area (Å²) >= 11 is 0. The Morgan fingerprint density at radius 1 is 1.22 bits per heavy atom. The van der Waals surface area contributed by atoms with E-state index in [0.717, 1.165) is 54.7 Å². The van der Waals surface area contributed by atoms with Gasteiger partial charge in [-0.25, -0.2) is 4.98 Å². The molecule has 1 fully saturated rings. The Morgan fingerprint density at radius 3 is 2.96 bits per heavy atom. The lowest BCUT2D eigenvalue weighted by Gasteiger charge is -2.33. The van der Waals surface area contributed by atoms with Crippen LogP contribution in [-0.2, 0) is 6.54 Å².